The summed E-state index contributed by atoms with van der Waals surface area (Å²) in [4.78, 5) is 29.2. The molecule has 1 aliphatic rings. The molecule has 24 heavy (non-hydrogen) atoms. The van der Waals surface area contributed by atoms with Crippen molar-refractivity contribution in [2.24, 2.45) is 0 Å². The van der Waals surface area contributed by atoms with Gasteiger partial charge in [0.25, 0.3) is 11.5 Å². The number of H-pyrrole nitrogens is 1. The van der Waals surface area contributed by atoms with Crippen LogP contribution in [0.15, 0.2) is 10.9 Å². The van der Waals surface area contributed by atoms with E-state index in [0.717, 1.165) is 31.6 Å². The van der Waals surface area contributed by atoms with Crippen LogP contribution in [0.25, 0.3) is 5.65 Å². The first-order valence-corrected chi connectivity index (χ1v) is 8.11. The van der Waals surface area contributed by atoms with Crippen molar-refractivity contribution in [3.63, 3.8) is 0 Å². The van der Waals surface area contributed by atoms with Gasteiger partial charge < -0.3 is 15.2 Å². The predicted molar refractivity (Wildman–Crippen MR) is 95.3 cm³/mol. The van der Waals surface area contributed by atoms with Gasteiger partial charge in [-0.3, -0.25) is 9.59 Å². The Bertz CT molecular complexity index is 792. The quantitative estimate of drug-likeness (QED) is 0.871. The van der Waals surface area contributed by atoms with E-state index in [1.54, 1.807) is 22.5 Å². The molecule has 1 amide bonds. The number of halogens is 1. The normalized spacial score (nSPS) is 15.3. The van der Waals surface area contributed by atoms with Crippen molar-refractivity contribution < 1.29 is 4.79 Å². The summed E-state index contributed by atoms with van der Waals surface area (Å²) in [5.74, 6) is 0.172. The fourth-order valence-corrected chi connectivity index (χ4v) is 3.18. The summed E-state index contributed by atoms with van der Waals surface area (Å²) in [5.41, 5.74) is 2.36. The zero-order chi connectivity index (χ0) is 16.6. The SMILES string of the molecule is CCN(C)C(=O)c1c(C)nn2c(C3CCNCC3)cc(=O)[nH]c12.Cl. The average molecular weight is 354 g/mol. The largest absolute Gasteiger partial charge is 0.342 e. The number of fused-ring (bicyclic) bond motifs is 1. The number of aromatic amines is 1. The third kappa shape index (κ3) is 3.18. The van der Waals surface area contributed by atoms with Crippen LogP contribution in [0.3, 0.4) is 0 Å². The van der Waals surface area contributed by atoms with E-state index in [2.05, 4.69) is 15.4 Å². The fraction of sp³-hybridized carbons (Fsp3) is 0.562. The molecule has 1 saturated heterocycles. The lowest BCUT2D eigenvalue weighted by atomic mass is 9.94. The van der Waals surface area contributed by atoms with E-state index in [0.29, 0.717) is 23.4 Å². The summed E-state index contributed by atoms with van der Waals surface area (Å²) in [6, 6.07) is 1.62. The maximum absolute atomic E-state index is 12.6. The maximum atomic E-state index is 12.6. The second kappa shape index (κ2) is 7.36. The number of hydrogen-bond acceptors (Lipinski definition) is 4. The van der Waals surface area contributed by atoms with Crippen molar-refractivity contribution >= 4 is 24.0 Å². The van der Waals surface area contributed by atoms with Gasteiger partial charge in [-0.15, -0.1) is 12.4 Å². The highest BCUT2D eigenvalue weighted by Gasteiger charge is 2.25. The number of aromatic nitrogens is 3. The Morgan fingerprint density at radius 3 is 2.71 bits per heavy atom. The Kier molecular flexibility index (Phi) is 5.66. The highest BCUT2D eigenvalue weighted by molar-refractivity contribution is 6.00. The number of amides is 1. The van der Waals surface area contributed by atoms with E-state index in [4.69, 9.17) is 0 Å². The average Bonchev–Trinajstić information content (AvgIpc) is 2.89. The fourth-order valence-electron chi connectivity index (χ4n) is 3.18. The van der Waals surface area contributed by atoms with Gasteiger partial charge in [-0.25, -0.2) is 4.52 Å². The minimum atomic E-state index is -0.181. The van der Waals surface area contributed by atoms with E-state index in [-0.39, 0.29) is 29.8 Å². The van der Waals surface area contributed by atoms with Gasteiger partial charge in [0.1, 0.15) is 11.2 Å². The second-order valence-electron chi connectivity index (χ2n) is 6.12. The number of nitrogens with one attached hydrogen (secondary N) is 2. The van der Waals surface area contributed by atoms with Gasteiger partial charge in [0, 0.05) is 25.6 Å². The van der Waals surface area contributed by atoms with Crippen LogP contribution in [-0.4, -0.2) is 52.1 Å². The Labute approximate surface area is 146 Å². The lowest BCUT2D eigenvalue weighted by Gasteiger charge is -2.23. The summed E-state index contributed by atoms with van der Waals surface area (Å²) in [6.07, 6.45) is 1.94. The van der Waals surface area contributed by atoms with Gasteiger partial charge in [0.15, 0.2) is 0 Å². The molecule has 2 N–H and O–H groups in total. The monoisotopic (exact) mass is 353 g/mol. The van der Waals surface area contributed by atoms with E-state index < -0.39 is 0 Å². The molecule has 2 aromatic heterocycles. The van der Waals surface area contributed by atoms with Crippen LogP contribution in [0.5, 0.6) is 0 Å². The highest BCUT2D eigenvalue weighted by Crippen LogP contribution is 2.26. The molecule has 0 aliphatic carbocycles. The summed E-state index contributed by atoms with van der Waals surface area (Å²) in [7, 11) is 1.75. The first kappa shape index (κ1) is 18.5. The molecule has 0 radical (unpaired) electrons. The molecule has 132 valence electrons. The maximum Gasteiger partial charge on any atom is 0.259 e. The number of hydrogen-bond donors (Lipinski definition) is 2. The summed E-state index contributed by atoms with van der Waals surface area (Å²) >= 11 is 0. The number of piperidine rings is 1. The summed E-state index contributed by atoms with van der Waals surface area (Å²) in [5, 5.41) is 7.87. The van der Waals surface area contributed by atoms with Crippen LogP contribution in [0.2, 0.25) is 0 Å². The molecule has 0 spiro atoms. The van der Waals surface area contributed by atoms with E-state index >= 15 is 0 Å². The Morgan fingerprint density at radius 1 is 1.42 bits per heavy atom. The van der Waals surface area contributed by atoms with Crippen molar-refractivity contribution in [1.29, 1.82) is 0 Å². The third-order valence-corrected chi connectivity index (χ3v) is 4.62. The minimum Gasteiger partial charge on any atom is -0.342 e. The van der Waals surface area contributed by atoms with Crippen molar-refractivity contribution in [2.75, 3.05) is 26.7 Å². The molecule has 0 unspecified atom stereocenters. The van der Waals surface area contributed by atoms with Gasteiger partial charge in [0.2, 0.25) is 0 Å². The second-order valence-corrected chi connectivity index (χ2v) is 6.12. The smallest absolute Gasteiger partial charge is 0.259 e. The first-order chi connectivity index (χ1) is 11.0. The Hall–Kier alpha value is -1.86. The predicted octanol–water partition coefficient (Wildman–Crippen LogP) is 1.31. The van der Waals surface area contributed by atoms with Crippen molar-refractivity contribution in [2.45, 2.75) is 32.6 Å². The summed E-state index contributed by atoms with van der Waals surface area (Å²) in [6.45, 7) is 6.21. The zero-order valence-corrected chi connectivity index (χ0v) is 15.1. The van der Waals surface area contributed by atoms with E-state index in [1.165, 1.54) is 0 Å². The van der Waals surface area contributed by atoms with Crippen molar-refractivity contribution in [1.82, 2.24) is 24.8 Å². The van der Waals surface area contributed by atoms with Crippen molar-refractivity contribution in [3.8, 4) is 0 Å². The molecule has 0 saturated carbocycles. The number of aryl methyl sites for hydroxylation is 1. The number of nitrogens with zero attached hydrogens (tertiary/aromatic N) is 3. The first-order valence-electron chi connectivity index (χ1n) is 8.11. The number of carbonyl (C=O) groups excluding carboxylic acids is 1. The molecule has 2 aromatic rings. The Morgan fingerprint density at radius 2 is 2.08 bits per heavy atom. The molecule has 1 aliphatic heterocycles. The molecule has 1 fully saturated rings. The topological polar surface area (TPSA) is 82.5 Å². The molecule has 8 heteroatoms. The molecule has 3 heterocycles. The van der Waals surface area contributed by atoms with Crippen LogP contribution >= 0.6 is 12.4 Å². The van der Waals surface area contributed by atoms with Crippen molar-refractivity contribution in [3.05, 3.63) is 33.4 Å². The molecule has 0 atom stereocenters. The standard InChI is InChI=1S/C16H23N5O2.ClH/c1-4-20(3)16(23)14-10(2)19-21-12(9-13(22)18-15(14)21)11-5-7-17-8-6-11;/h9,11,17H,4-8H2,1-3H3,(H,18,22);1H. The van der Waals surface area contributed by atoms with Crippen LogP contribution < -0.4 is 10.9 Å². The van der Waals surface area contributed by atoms with Gasteiger partial charge >= 0.3 is 0 Å². The molecular formula is C16H24ClN5O2. The lowest BCUT2D eigenvalue weighted by Crippen LogP contribution is -2.29. The minimum absolute atomic E-state index is 0. The van der Waals surface area contributed by atoms with Crippen LogP contribution in [0.4, 0.5) is 0 Å². The van der Waals surface area contributed by atoms with E-state index in [9.17, 15) is 9.59 Å². The number of carbonyl (C=O) groups is 1. The van der Waals surface area contributed by atoms with Crippen LogP contribution in [0.1, 0.15) is 47.4 Å². The van der Waals surface area contributed by atoms with Gasteiger partial charge in [-0.1, -0.05) is 0 Å². The third-order valence-electron chi connectivity index (χ3n) is 4.62. The summed E-state index contributed by atoms with van der Waals surface area (Å²) < 4.78 is 1.75. The zero-order valence-electron chi connectivity index (χ0n) is 14.3. The van der Waals surface area contributed by atoms with Gasteiger partial charge in [-0.2, -0.15) is 5.10 Å². The number of rotatable bonds is 3. The molecule has 3 rings (SSSR count). The molecule has 0 bridgehead atoms. The van der Waals surface area contributed by atoms with Gasteiger partial charge in [-0.05, 0) is 39.8 Å². The van der Waals surface area contributed by atoms with Crippen LogP contribution in [0, 0.1) is 6.92 Å². The van der Waals surface area contributed by atoms with Gasteiger partial charge in [0.05, 0.1) is 11.4 Å². The molecule has 7 nitrogen and oxygen atoms in total. The lowest BCUT2D eigenvalue weighted by molar-refractivity contribution is 0.0803. The van der Waals surface area contributed by atoms with E-state index in [1.807, 2.05) is 13.8 Å². The Balaban J connectivity index is 0.00000208. The molecule has 0 aromatic carbocycles. The highest BCUT2D eigenvalue weighted by atomic mass is 35.5. The molecular weight excluding hydrogens is 330 g/mol. The van der Waals surface area contributed by atoms with Crippen LogP contribution in [-0.2, 0) is 0 Å².